The number of hydrazone groups is 1. The van der Waals surface area contributed by atoms with Crippen molar-refractivity contribution < 1.29 is 23.9 Å². The Labute approximate surface area is 260 Å². The first-order chi connectivity index (χ1) is 22.0. The van der Waals surface area contributed by atoms with E-state index in [0.29, 0.717) is 5.69 Å². The lowest BCUT2D eigenvalue weighted by molar-refractivity contribution is -0.136. The predicted octanol–water partition coefficient (Wildman–Crippen LogP) is 4.82. The molecule has 1 saturated heterocycles. The summed E-state index contributed by atoms with van der Waals surface area (Å²) in [6, 6.07) is 21.9. The van der Waals surface area contributed by atoms with E-state index in [1.165, 1.54) is 10.0 Å². The molecule has 3 aromatic rings. The number of ether oxygens (including phenoxy) is 2. The lowest BCUT2D eigenvalue weighted by Gasteiger charge is -2.30. The zero-order valence-electron chi connectivity index (χ0n) is 24.9. The van der Waals surface area contributed by atoms with Crippen LogP contribution in [-0.4, -0.2) is 66.3 Å². The molecule has 0 N–H and O–H groups in total. The third kappa shape index (κ3) is 5.03. The Bertz CT molecular complexity index is 1720. The number of hydrogen-bond acceptors (Lipinski definition) is 9. The third-order valence-corrected chi connectivity index (χ3v) is 8.84. The van der Waals surface area contributed by atoms with Crippen molar-refractivity contribution in [3.63, 3.8) is 0 Å². The SMILES string of the molecule is COc1ccc(/C=C2/CCC[C@@H]3C2=NN(C(=O)CN2N=N[C@@H]4C(=O)N(c5ccccc5)C(=O)[C@@H]42)[C@@H]3c2ccc(OC)cc2)cc1. The van der Waals surface area contributed by atoms with Crippen molar-refractivity contribution in [1.29, 1.82) is 0 Å². The van der Waals surface area contributed by atoms with Crippen molar-refractivity contribution in [1.82, 2.24) is 10.0 Å². The van der Waals surface area contributed by atoms with Gasteiger partial charge in [-0.3, -0.25) is 19.4 Å². The number of hydrogen-bond donors (Lipinski definition) is 0. The average Bonchev–Trinajstić information content (AvgIpc) is 3.75. The summed E-state index contributed by atoms with van der Waals surface area (Å²) in [5, 5.41) is 16.0. The van der Waals surface area contributed by atoms with Crippen LogP contribution >= 0.6 is 0 Å². The van der Waals surface area contributed by atoms with Crippen LogP contribution in [0.1, 0.15) is 36.4 Å². The summed E-state index contributed by atoms with van der Waals surface area (Å²) >= 11 is 0. The molecular formula is C34H32N6O5. The zero-order valence-corrected chi connectivity index (χ0v) is 24.9. The topological polar surface area (TPSA) is 116 Å². The third-order valence-electron chi connectivity index (χ3n) is 8.84. The van der Waals surface area contributed by atoms with Crippen LogP contribution in [0.5, 0.6) is 11.5 Å². The van der Waals surface area contributed by atoms with E-state index in [0.717, 1.165) is 58.1 Å². The Morgan fingerprint density at radius 2 is 1.58 bits per heavy atom. The fraction of sp³-hybridized carbons (Fsp3) is 0.294. The van der Waals surface area contributed by atoms with Gasteiger partial charge in [0.25, 0.3) is 17.7 Å². The number of nitrogens with zero attached hydrogens (tertiary/aromatic N) is 6. The molecule has 0 unspecified atom stereocenters. The van der Waals surface area contributed by atoms with Crippen LogP contribution in [0.15, 0.2) is 99.9 Å². The molecule has 7 rings (SSSR count). The van der Waals surface area contributed by atoms with Gasteiger partial charge in [0, 0.05) is 5.92 Å². The Morgan fingerprint density at radius 3 is 2.27 bits per heavy atom. The summed E-state index contributed by atoms with van der Waals surface area (Å²) in [5.74, 6) is 0.245. The Balaban J connectivity index is 1.19. The molecule has 228 valence electrons. The number of rotatable bonds is 7. The van der Waals surface area contributed by atoms with Gasteiger partial charge in [0.2, 0.25) is 0 Å². The van der Waals surface area contributed by atoms with Crippen molar-refractivity contribution in [3.05, 3.63) is 95.6 Å². The second-order valence-electron chi connectivity index (χ2n) is 11.4. The molecule has 1 aliphatic carbocycles. The van der Waals surface area contributed by atoms with Crippen LogP contribution in [0.4, 0.5) is 5.69 Å². The van der Waals surface area contributed by atoms with E-state index in [1.54, 1.807) is 38.5 Å². The standard InChI is InChI=1S/C34H32N6O5/c1-44-25-15-11-21(12-16-25)19-23-7-6-10-27-29(23)36-40(31(27)22-13-17-26(45-2)18-14-22)28(41)20-38-32-30(35-37-38)33(42)39(34(32)43)24-8-4-3-5-9-24/h3-5,8-9,11-19,27,30-32H,6-7,10,20H2,1-2H3/b23-19-/t27-,30+,31-,32-/m1/s1. The number of anilines is 1. The minimum atomic E-state index is -0.991. The highest BCUT2D eigenvalue weighted by atomic mass is 16.5. The Hall–Kier alpha value is -5.32. The van der Waals surface area contributed by atoms with Crippen LogP contribution in [-0.2, 0) is 14.4 Å². The van der Waals surface area contributed by atoms with E-state index in [1.807, 2.05) is 54.6 Å². The number of fused-ring (bicyclic) bond motifs is 2. The molecule has 3 heterocycles. The first kappa shape index (κ1) is 28.5. The second kappa shape index (κ2) is 11.6. The van der Waals surface area contributed by atoms with Gasteiger partial charge in [-0.05, 0) is 78.4 Å². The second-order valence-corrected chi connectivity index (χ2v) is 11.4. The molecule has 0 bridgehead atoms. The largest absolute Gasteiger partial charge is 0.497 e. The number of allylic oxidation sites excluding steroid dienone is 1. The zero-order chi connectivity index (χ0) is 31.1. The van der Waals surface area contributed by atoms with Crippen LogP contribution in [0.25, 0.3) is 6.08 Å². The maximum absolute atomic E-state index is 14.1. The van der Waals surface area contributed by atoms with Crippen LogP contribution < -0.4 is 14.4 Å². The van der Waals surface area contributed by atoms with Crippen molar-refractivity contribution in [2.75, 3.05) is 25.7 Å². The summed E-state index contributed by atoms with van der Waals surface area (Å²) in [6.07, 6.45) is 4.79. The highest BCUT2D eigenvalue weighted by Gasteiger charge is 2.55. The molecule has 4 atom stereocenters. The molecule has 0 spiro atoms. The molecule has 3 aromatic carbocycles. The summed E-state index contributed by atoms with van der Waals surface area (Å²) in [5.41, 5.74) is 4.39. The number of carbonyl (C=O) groups is 3. The fourth-order valence-electron chi connectivity index (χ4n) is 6.64. The normalized spacial score (nSPS) is 24.6. The van der Waals surface area contributed by atoms with E-state index in [9.17, 15) is 14.4 Å². The quantitative estimate of drug-likeness (QED) is 0.357. The maximum atomic E-state index is 14.1. The molecule has 45 heavy (non-hydrogen) atoms. The number of amides is 3. The van der Waals surface area contributed by atoms with E-state index < -0.39 is 23.9 Å². The van der Waals surface area contributed by atoms with Crippen LogP contribution in [0, 0.1) is 5.92 Å². The molecule has 1 saturated carbocycles. The van der Waals surface area contributed by atoms with E-state index in [-0.39, 0.29) is 24.4 Å². The number of benzene rings is 3. The molecule has 0 aromatic heterocycles. The maximum Gasteiger partial charge on any atom is 0.264 e. The van der Waals surface area contributed by atoms with E-state index in [4.69, 9.17) is 14.6 Å². The molecule has 11 heteroatoms. The van der Waals surface area contributed by atoms with Gasteiger partial charge < -0.3 is 9.47 Å². The fourth-order valence-corrected chi connectivity index (χ4v) is 6.64. The van der Waals surface area contributed by atoms with Gasteiger partial charge in [-0.1, -0.05) is 47.7 Å². The summed E-state index contributed by atoms with van der Waals surface area (Å²) in [4.78, 5) is 41.9. The smallest absolute Gasteiger partial charge is 0.264 e. The minimum Gasteiger partial charge on any atom is -0.497 e. The van der Waals surface area contributed by atoms with Crippen molar-refractivity contribution >= 4 is 35.2 Å². The summed E-state index contributed by atoms with van der Waals surface area (Å²) in [6.45, 7) is -0.250. The predicted molar refractivity (Wildman–Crippen MR) is 166 cm³/mol. The number of para-hydroxylation sites is 1. The molecule has 3 aliphatic heterocycles. The first-order valence-electron chi connectivity index (χ1n) is 15.0. The summed E-state index contributed by atoms with van der Waals surface area (Å²) in [7, 11) is 3.26. The van der Waals surface area contributed by atoms with Gasteiger partial charge in [0.05, 0.1) is 31.7 Å². The van der Waals surface area contributed by atoms with Gasteiger partial charge in [0.1, 0.15) is 18.0 Å². The number of imide groups is 1. The number of carbonyl (C=O) groups excluding carboxylic acids is 3. The summed E-state index contributed by atoms with van der Waals surface area (Å²) < 4.78 is 10.7. The highest BCUT2D eigenvalue weighted by molar-refractivity contribution is 6.25. The van der Waals surface area contributed by atoms with Gasteiger partial charge >= 0.3 is 0 Å². The molecule has 4 aliphatic rings. The average molecular weight is 605 g/mol. The van der Waals surface area contributed by atoms with E-state index >= 15 is 0 Å². The Kier molecular flexibility index (Phi) is 7.36. The van der Waals surface area contributed by atoms with Crippen molar-refractivity contribution in [2.45, 2.75) is 37.4 Å². The van der Waals surface area contributed by atoms with Gasteiger partial charge in [-0.2, -0.15) is 10.2 Å². The van der Waals surface area contributed by atoms with Gasteiger partial charge in [-0.15, -0.1) is 0 Å². The molecule has 11 nitrogen and oxygen atoms in total. The van der Waals surface area contributed by atoms with Crippen molar-refractivity contribution in [2.24, 2.45) is 21.4 Å². The lowest BCUT2D eigenvalue weighted by atomic mass is 9.77. The molecule has 0 radical (unpaired) electrons. The van der Waals surface area contributed by atoms with E-state index in [2.05, 4.69) is 16.4 Å². The van der Waals surface area contributed by atoms with Crippen molar-refractivity contribution in [3.8, 4) is 11.5 Å². The first-order valence-corrected chi connectivity index (χ1v) is 15.0. The highest BCUT2D eigenvalue weighted by Crippen LogP contribution is 2.45. The lowest BCUT2D eigenvalue weighted by Crippen LogP contribution is -2.45. The molecular weight excluding hydrogens is 572 g/mol. The van der Waals surface area contributed by atoms with Gasteiger partial charge in [0.15, 0.2) is 12.1 Å². The minimum absolute atomic E-state index is 0.0168. The van der Waals surface area contributed by atoms with Crippen LogP contribution in [0.2, 0.25) is 0 Å². The van der Waals surface area contributed by atoms with Crippen LogP contribution in [0.3, 0.4) is 0 Å². The number of methoxy groups -OCH3 is 2. The van der Waals surface area contributed by atoms with Gasteiger partial charge in [-0.25, -0.2) is 9.91 Å². The molecule has 3 amide bonds. The molecule has 2 fully saturated rings. The Morgan fingerprint density at radius 1 is 0.889 bits per heavy atom. The monoisotopic (exact) mass is 604 g/mol.